The average molecular weight is 358 g/mol. The van der Waals surface area contributed by atoms with E-state index in [2.05, 4.69) is 32.9 Å². The van der Waals surface area contributed by atoms with Crippen LogP contribution in [0.3, 0.4) is 0 Å². The molecular weight excluding hydrogens is 337 g/mol. The quantitative estimate of drug-likeness (QED) is 0.499. The number of oxime groups is 1. The fourth-order valence-electron chi connectivity index (χ4n) is 2.45. The number of nitrogens with two attached hydrogens (primary N) is 1. The molecule has 0 radical (unpaired) electrons. The number of hydrogen-bond donors (Lipinski definition) is 1. The molecule has 0 aliphatic carbocycles. The summed E-state index contributed by atoms with van der Waals surface area (Å²) in [6, 6.07) is 5.36. The molecule has 116 valence electrons. The first kappa shape index (κ1) is 16.2. The highest BCUT2D eigenvalue weighted by Crippen LogP contribution is 2.17. The molecule has 1 atom stereocenters. The summed E-state index contributed by atoms with van der Waals surface area (Å²) in [6.07, 6.45) is 3.66. The number of piperidine rings is 1. The van der Waals surface area contributed by atoms with E-state index in [1.54, 1.807) is 12.1 Å². The Hall–Kier alpha value is -1.14. The molecule has 0 bridgehead atoms. The first-order valence-electron chi connectivity index (χ1n) is 7.18. The van der Waals surface area contributed by atoms with Crippen LogP contribution in [0.5, 0.6) is 0 Å². The maximum absolute atomic E-state index is 13.6. The fraction of sp³-hybridized carbons (Fsp3) is 0.533. The van der Waals surface area contributed by atoms with Crippen molar-refractivity contribution >= 4 is 21.8 Å². The van der Waals surface area contributed by atoms with E-state index in [9.17, 15) is 4.39 Å². The maximum atomic E-state index is 13.6. The SMILES string of the molecule is CC1CCCCN1CC(N)=NOCc1ccc(Br)cc1F. The van der Waals surface area contributed by atoms with Gasteiger partial charge < -0.3 is 10.6 Å². The molecule has 1 aliphatic rings. The standard InChI is InChI=1S/C15H21BrFN3O/c1-11-4-2-3-7-20(11)9-15(18)19-21-10-12-5-6-13(16)8-14(12)17/h5-6,8,11H,2-4,7,9-10H2,1H3,(H2,18,19). The molecule has 1 aliphatic heterocycles. The van der Waals surface area contributed by atoms with Gasteiger partial charge in [-0.25, -0.2) is 4.39 Å². The third-order valence-electron chi connectivity index (χ3n) is 3.72. The summed E-state index contributed by atoms with van der Waals surface area (Å²) in [6.45, 7) is 3.92. The Bertz CT molecular complexity index is 510. The van der Waals surface area contributed by atoms with E-state index in [4.69, 9.17) is 10.6 Å². The normalized spacial score (nSPS) is 20.5. The van der Waals surface area contributed by atoms with Crippen molar-refractivity contribution in [2.75, 3.05) is 13.1 Å². The van der Waals surface area contributed by atoms with E-state index in [1.807, 2.05) is 0 Å². The summed E-state index contributed by atoms with van der Waals surface area (Å²) in [5, 5.41) is 3.89. The molecule has 1 unspecified atom stereocenters. The fourth-order valence-corrected chi connectivity index (χ4v) is 2.79. The third-order valence-corrected chi connectivity index (χ3v) is 4.22. The number of benzene rings is 1. The molecule has 4 nitrogen and oxygen atoms in total. The Kier molecular flexibility index (Phi) is 5.99. The van der Waals surface area contributed by atoms with E-state index in [0.29, 0.717) is 28.5 Å². The van der Waals surface area contributed by atoms with Crippen LogP contribution in [0.15, 0.2) is 27.8 Å². The molecule has 6 heteroatoms. The van der Waals surface area contributed by atoms with Crippen molar-refractivity contribution in [3.63, 3.8) is 0 Å². The predicted octanol–water partition coefficient (Wildman–Crippen LogP) is 3.25. The van der Waals surface area contributed by atoms with Gasteiger partial charge in [0.15, 0.2) is 5.84 Å². The molecule has 1 saturated heterocycles. The van der Waals surface area contributed by atoms with Crippen LogP contribution >= 0.6 is 15.9 Å². The lowest BCUT2D eigenvalue weighted by atomic mass is 10.0. The number of rotatable bonds is 5. The number of nitrogens with zero attached hydrogens (tertiary/aromatic N) is 2. The summed E-state index contributed by atoms with van der Waals surface area (Å²) in [7, 11) is 0. The van der Waals surface area contributed by atoms with Gasteiger partial charge in [-0.05, 0) is 38.4 Å². The second-order valence-electron chi connectivity index (χ2n) is 5.41. The zero-order chi connectivity index (χ0) is 15.2. The lowest BCUT2D eigenvalue weighted by Crippen LogP contribution is -2.42. The van der Waals surface area contributed by atoms with Crippen molar-refractivity contribution in [2.24, 2.45) is 10.9 Å². The van der Waals surface area contributed by atoms with E-state index >= 15 is 0 Å². The summed E-state index contributed by atoms with van der Waals surface area (Å²) < 4.78 is 14.3. The van der Waals surface area contributed by atoms with Gasteiger partial charge in [-0.2, -0.15) is 0 Å². The van der Waals surface area contributed by atoms with Crippen molar-refractivity contribution in [2.45, 2.75) is 38.8 Å². The van der Waals surface area contributed by atoms with Crippen LogP contribution < -0.4 is 5.73 Å². The van der Waals surface area contributed by atoms with E-state index in [0.717, 1.165) is 6.54 Å². The van der Waals surface area contributed by atoms with Crippen LogP contribution in [-0.4, -0.2) is 29.9 Å². The Labute approximate surface area is 133 Å². The monoisotopic (exact) mass is 357 g/mol. The van der Waals surface area contributed by atoms with Gasteiger partial charge in [0, 0.05) is 16.1 Å². The Morgan fingerprint density at radius 3 is 3.05 bits per heavy atom. The number of likely N-dealkylation sites (tertiary alicyclic amines) is 1. The lowest BCUT2D eigenvalue weighted by molar-refractivity contribution is 0.123. The van der Waals surface area contributed by atoms with E-state index < -0.39 is 0 Å². The number of halogens is 2. The van der Waals surface area contributed by atoms with Gasteiger partial charge in [-0.15, -0.1) is 0 Å². The van der Waals surface area contributed by atoms with Crippen LogP contribution in [0.2, 0.25) is 0 Å². The molecule has 1 fully saturated rings. The molecule has 1 aromatic carbocycles. The van der Waals surface area contributed by atoms with Crippen molar-refractivity contribution in [1.29, 1.82) is 0 Å². The molecular formula is C15H21BrFN3O. The second-order valence-corrected chi connectivity index (χ2v) is 6.32. The van der Waals surface area contributed by atoms with E-state index in [1.165, 1.54) is 25.3 Å². The van der Waals surface area contributed by atoms with E-state index in [-0.39, 0.29) is 12.4 Å². The molecule has 21 heavy (non-hydrogen) atoms. The third kappa shape index (κ3) is 4.97. The van der Waals surface area contributed by atoms with Gasteiger partial charge in [-0.3, -0.25) is 4.90 Å². The Balaban J connectivity index is 1.83. The first-order chi connectivity index (χ1) is 10.1. The van der Waals surface area contributed by atoms with Crippen molar-refractivity contribution in [3.8, 4) is 0 Å². The summed E-state index contributed by atoms with van der Waals surface area (Å²) in [5.41, 5.74) is 6.33. The summed E-state index contributed by atoms with van der Waals surface area (Å²) >= 11 is 3.21. The van der Waals surface area contributed by atoms with Gasteiger partial charge in [0.1, 0.15) is 12.4 Å². The second kappa shape index (κ2) is 7.75. The zero-order valence-electron chi connectivity index (χ0n) is 12.2. The average Bonchev–Trinajstić information content (AvgIpc) is 2.44. The zero-order valence-corrected chi connectivity index (χ0v) is 13.8. The molecule has 0 saturated carbocycles. The molecule has 1 aromatic rings. The van der Waals surface area contributed by atoms with Crippen LogP contribution in [0, 0.1) is 5.82 Å². The minimum absolute atomic E-state index is 0.0787. The van der Waals surface area contributed by atoms with Crippen LogP contribution in [0.1, 0.15) is 31.7 Å². The van der Waals surface area contributed by atoms with Gasteiger partial charge in [-0.1, -0.05) is 33.6 Å². The topological polar surface area (TPSA) is 50.8 Å². The Morgan fingerprint density at radius 1 is 1.52 bits per heavy atom. The largest absolute Gasteiger partial charge is 0.389 e. The first-order valence-corrected chi connectivity index (χ1v) is 7.98. The summed E-state index contributed by atoms with van der Waals surface area (Å²) in [4.78, 5) is 7.46. The minimum Gasteiger partial charge on any atom is -0.389 e. The van der Waals surface area contributed by atoms with Gasteiger partial charge in [0.25, 0.3) is 0 Å². The lowest BCUT2D eigenvalue weighted by Gasteiger charge is -2.32. The molecule has 2 rings (SSSR count). The highest BCUT2D eigenvalue weighted by molar-refractivity contribution is 9.10. The van der Waals surface area contributed by atoms with Gasteiger partial charge in [0.05, 0.1) is 6.54 Å². The maximum Gasteiger partial charge on any atom is 0.153 e. The van der Waals surface area contributed by atoms with Crippen molar-refractivity contribution in [3.05, 3.63) is 34.1 Å². The molecule has 0 spiro atoms. The van der Waals surface area contributed by atoms with Crippen LogP contribution in [-0.2, 0) is 11.4 Å². The van der Waals surface area contributed by atoms with Crippen molar-refractivity contribution in [1.82, 2.24) is 4.90 Å². The highest BCUT2D eigenvalue weighted by atomic mass is 79.9. The molecule has 0 amide bonds. The number of hydrogen-bond acceptors (Lipinski definition) is 3. The molecule has 1 heterocycles. The minimum atomic E-state index is -0.317. The van der Waals surface area contributed by atoms with Crippen molar-refractivity contribution < 1.29 is 9.23 Å². The highest BCUT2D eigenvalue weighted by Gasteiger charge is 2.18. The van der Waals surface area contributed by atoms with Crippen LogP contribution in [0.25, 0.3) is 0 Å². The number of amidine groups is 1. The smallest absolute Gasteiger partial charge is 0.153 e. The summed E-state index contributed by atoms with van der Waals surface area (Å²) in [5.74, 6) is 0.115. The van der Waals surface area contributed by atoms with Gasteiger partial charge in [0.2, 0.25) is 0 Å². The Morgan fingerprint density at radius 2 is 2.33 bits per heavy atom. The molecule has 0 aromatic heterocycles. The predicted molar refractivity (Wildman–Crippen MR) is 85.4 cm³/mol. The van der Waals surface area contributed by atoms with Crippen LogP contribution in [0.4, 0.5) is 4.39 Å². The molecule has 2 N–H and O–H groups in total. The van der Waals surface area contributed by atoms with Gasteiger partial charge >= 0.3 is 0 Å².